The number of aromatic nitrogens is 2. The second-order valence-electron chi connectivity index (χ2n) is 7.60. The summed E-state index contributed by atoms with van der Waals surface area (Å²) < 4.78 is 0. The zero-order valence-corrected chi connectivity index (χ0v) is 19.1. The molecule has 2 amide bonds. The molecule has 0 aliphatic carbocycles. The Morgan fingerprint density at radius 1 is 1.19 bits per heavy atom. The van der Waals surface area contributed by atoms with E-state index in [0.29, 0.717) is 21.6 Å². The standard InChI is InChI=1S/C23H21ClN4O3S/c1-12-5-3-4-6-14(12)11-32-23-27-20-19(22(31)28-23)16(10-18(29)26-20)21(30)25-17-9-15(24)8-7-13(17)2/h3-9,16H,10-11H2,1-2H3,(H,25,30)(H2,26,27,28,29,31)/t16-/m0/s1. The van der Waals surface area contributed by atoms with Gasteiger partial charge in [0.1, 0.15) is 5.82 Å². The highest BCUT2D eigenvalue weighted by atomic mass is 35.5. The minimum absolute atomic E-state index is 0.125. The van der Waals surface area contributed by atoms with Crippen LogP contribution in [-0.2, 0) is 15.3 Å². The molecule has 0 spiro atoms. The van der Waals surface area contributed by atoms with E-state index in [0.717, 1.165) is 16.7 Å². The Balaban J connectivity index is 1.60. The van der Waals surface area contributed by atoms with E-state index in [1.54, 1.807) is 18.2 Å². The van der Waals surface area contributed by atoms with Crippen LogP contribution in [0.2, 0.25) is 5.02 Å². The quantitative estimate of drug-likeness (QED) is 0.380. The molecule has 1 atom stereocenters. The van der Waals surface area contributed by atoms with Crippen molar-refractivity contribution in [1.82, 2.24) is 9.97 Å². The molecule has 1 aliphatic rings. The van der Waals surface area contributed by atoms with E-state index in [4.69, 9.17) is 11.6 Å². The van der Waals surface area contributed by atoms with Gasteiger partial charge in [0, 0.05) is 22.9 Å². The van der Waals surface area contributed by atoms with E-state index >= 15 is 0 Å². The molecule has 2 heterocycles. The number of halogens is 1. The van der Waals surface area contributed by atoms with Crippen LogP contribution in [0.4, 0.5) is 11.5 Å². The van der Waals surface area contributed by atoms with E-state index in [-0.39, 0.29) is 23.7 Å². The number of amides is 2. The highest BCUT2D eigenvalue weighted by Crippen LogP contribution is 2.32. The fourth-order valence-electron chi connectivity index (χ4n) is 3.51. The normalized spacial score (nSPS) is 15.1. The molecule has 0 fully saturated rings. The Morgan fingerprint density at radius 3 is 2.75 bits per heavy atom. The smallest absolute Gasteiger partial charge is 0.257 e. The van der Waals surface area contributed by atoms with E-state index in [2.05, 4.69) is 20.6 Å². The Hall–Kier alpha value is -3.10. The van der Waals surface area contributed by atoms with Crippen LogP contribution in [0, 0.1) is 13.8 Å². The van der Waals surface area contributed by atoms with Gasteiger partial charge in [-0.15, -0.1) is 0 Å². The summed E-state index contributed by atoms with van der Waals surface area (Å²) in [5.41, 5.74) is 3.33. The molecular weight excluding hydrogens is 448 g/mol. The summed E-state index contributed by atoms with van der Waals surface area (Å²) in [5.74, 6) is -1.04. The molecule has 1 aliphatic heterocycles. The number of thioether (sulfide) groups is 1. The summed E-state index contributed by atoms with van der Waals surface area (Å²) in [4.78, 5) is 45.4. The largest absolute Gasteiger partial charge is 0.325 e. The molecule has 9 heteroatoms. The molecule has 0 unspecified atom stereocenters. The van der Waals surface area contributed by atoms with Crippen LogP contribution >= 0.6 is 23.4 Å². The number of aromatic amines is 1. The molecule has 0 saturated carbocycles. The number of benzene rings is 2. The molecule has 1 aromatic heterocycles. The predicted molar refractivity (Wildman–Crippen MR) is 126 cm³/mol. The van der Waals surface area contributed by atoms with Crippen molar-refractivity contribution in [3.63, 3.8) is 0 Å². The zero-order chi connectivity index (χ0) is 22.8. The predicted octanol–water partition coefficient (Wildman–Crippen LogP) is 4.40. The molecule has 164 valence electrons. The Kier molecular flexibility index (Phi) is 6.34. The van der Waals surface area contributed by atoms with Crippen LogP contribution in [-0.4, -0.2) is 21.8 Å². The molecule has 32 heavy (non-hydrogen) atoms. The third-order valence-electron chi connectivity index (χ3n) is 5.33. The summed E-state index contributed by atoms with van der Waals surface area (Å²) in [6, 6.07) is 13.1. The van der Waals surface area contributed by atoms with Crippen LogP contribution < -0.4 is 16.2 Å². The summed E-state index contributed by atoms with van der Waals surface area (Å²) >= 11 is 7.39. The number of nitrogens with zero attached hydrogens (tertiary/aromatic N) is 1. The van der Waals surface area contributed by atoms with Gasteiger partial charge in [-0.2, -0.15) is 0 Å². The lowest BCUT2D eigenvalue weighted by molar-refractivity contribution is -0.123. The molecule has 2 aromatic carbocycles. The monoisotopic (exact) mass is 468 g/mol. The van der Waals surface area contributed by atoms with E-state index in [1.165, 1.54) is 11.8 Å². The van der Waals surface area contributed by atoms with Crippen LogP contribution in [0.15, 0.2) is 52.4 Å². The third kappa shape index (κ3) is 4.71. The second kappa shape index (κ2) is 9.18. The molecule has 3 aromatic rings. The fraction of sp³-hybridized carbons (Fsp3) is 0.217. The number of fused-ring (bicyclic) bond motifs is 1. The molecular formula is C23H21ClN4O3S. The first-order valence-electron chi connectivity index (χ1n) is 10.00. The lowest BCUT2D eigenvalue weighted by Gasteiger charge is -2.24. The summed E-state index contributed by atoms with van der Waals surface area (Å²) in [5, 5.41) is 6.28. The van der Waals surface area contributed by atoms with Crippen molar-refractivity contribution < 1.29 is 9.59 Å². The molecule has 0 bridgehead atoms. The van der Waals surface area contributed by atoms with E-state index in [1.807, 2.05) is 38.1 Å². The van der Waals surface area contributed by atoms with E-state index < -0.39 is 17.4 Å². The Labute approximate surface area is 194 Å². The first kappa shape index (κ1) is 22.1. The van der Waals surface area contributed by atoms with Gasteiger partial charge in [0.15, 0.2) is 5.16 Å². The highest BCUT2D eigenvalue weighted by Gasteiger charge is 2.35. The maximum Gasteiger partial charge on any atom is 0.257 e. The minimum Gasteiger partial charge on any atom is -0.325 e. The van der Waals surface area contributed by atoms with Gasteiger partial charge in [-0.1, -0.05) is 53.7 Å². The molecule has 0 saturated heterocycles. The Bertz CT molecular complexity index is 1270. The van der Waals surface area contributed by atoms with E-state index in [9.17, 15) is 14.4 Å². The van der Waals surface area contributed by atoms with Crippen molar-refractivity contribution in [2.75, 3.05) is 10.6 Å². The van der Waals surface area contributed by atoms with Gasteiger partial charge in [0.25, 0.3) is 5.56 Å². The third-order valence-corrected chi connectivity index (χ3v) is 6.49. The second-order valence-corrected chi connectivity index (χ2v) is 9.00. The average Bonchev–Trinajstić information content (AvgIpc) is 2.75. The van der Waals surface area contributed by atoms with Gasteiger partial charge in [-0.3, -0.25) is 14.4 Å². The van der Waals surface area contributed by atoms with Crippen molar-refractivity contribution in [2.24, 2.45) is 0 Å². The fourth-order valence-corrected chi connectivity index (χ4v) is 4.62. The van der Waals surface area contributed by atoms with Gasteiger partial charge in [0.2, 0.25) is 11.8 Å². The van der Waals surface area contributed by atoms with Gasteiger partial charge in [0.05, 0.1) is 11.5 Å². The number of carbonyl (C=O) groups is 2. The van der Waals surface area contributed by atoms with Gasteiger partial charge in [-0.05, 0) is 42.7 Å². The van der Waals surface area contributed by atoms with Crippen LogP contribution in [0.1, 0.15) is 34.6 Å². The zero-order valence-electron chi connectivity index (χ0n) is 17.5. The van der Waals surface area contributed by atoms with Crippen molar-refractivity contribution in [1.29, 1.82) is 0 Å². The summed E-state index contributed by atoms with van der Waals surface area (Å²) in [7, 11) is 0. The highest BCUT2D eigenvalue weighted by molar-refractivity contribution is 7.98. The summed E-state index contributed by atoms with van der Waals surface area (Å²) in [6.07, 6.45) is -0.140. The first-order chi connectivity index (χ1) is 15.3. The molecule has 0 radical (unpaired) electrons. The number of H-pyrrole nitrogens is 1. The van der Waals surface area contributed by atoms with Crippen molar-refractivity contribution in [3.8, 4) is 0 Å². The SMILES string of the molecule is Cc1ccccc1CSc1nc2c(c(=O)[nH]1)[C@@H](C(=O)Nc1cc(Cl)ccc1C)CC(=O)N2. The van der Waals surface area contributed by atoms with Crippen molar-refractivity contribution in [3.05, 3.63) is 80.1 Å². The van der Waals surface area contributed by atoms with Gasteiger partial charge < -0.3 is 15.6 Å². The molecule has 7 nitrogen and oxygen atoms in total. The number of carbonyl (C=O) groups excluding carboxylic acids is 2. The minimum atomic E-state index is -0.955. The number of hydrogen-bond acceptors (Lipinski definition) is 5. The topological polar surface area (TPSA) is 104 Å². The van der Waals surface area contributed by atoms with Gasteiger partial charge in [-0.25, -0.2) is 4.98 Å². The molecule has 3 N–H and O–H groups in total. The lowest BCUT2D eigenvalue weighted by Crippen LogP contribution is -2.36. The van der Waals surface area contributed by atoms with Crippen LogP contribution in [0.3, 0.4) is 0 Å². The maximum absolute atomic E-state index is 13.0. The number of nitrogens with one attached hydrogen (secondary N) is 3. The first-order valence-corrected chi connectivity index (χ1v) is 11.4. The van der Waals surface area contributed by atoms with Crippen molar-refractivity contribution in [2.45, 2.75) is 37.1 Å². The number of anilines is 2. The van der Waals surface area contributed by atoms with Crippen LogP contribution in [0.25, 0.3) is 0 Å². The van der Waals surface area contributed by atoms with Crippen LogP contribution in [0.5, 0.6) is 0 Å². The Morgan fingerprint density at radius 2 is 1.97 bits per heavy atom. The maximum atomic E-state index is 13.0. The lowest BCUT2D eigenvalue weighted by atomic mass is 9.92. The van der Waals surface area contributed by atoms with Gasteiger partial charge >= 0.3 is 0 Å². The number of hydrogen-bond donors (Lipinski definition) is 3. The number of rotatable bonds is 5. The molecule has 4 rings (SSSR count). The summed E-state index contributed by atoms with van der Waals surface area (Å²) in [6.45, 7) is 3.85. The number of aryl methyl sites for hydroxylation is 2. The average molecular weight is 469 g/mol. The van der Waals surface area contributed by atoms with Crippen molar-refractivity contribution >= 4 is 46.7 Å².